The number of hydrogen-bond donors (Lipinski definition) is 3. The number of rotatable bonds is 18. The van der Waals surface area contributed by atoms with E-state index >= 15 is 0 Å². The van der Waals surface area contributed by atoms with Crippen LogP contribution in [0, 0.1) is 0 Å². The van der Waals surface area contributed by atoms with Gasteiger partial charge < -0.3 is 25.6 Å². The van der Waals surface area contributed by atoms with Crippen LogP contribution in [-0.4, -0.2) is 63.1 Å². The molecule has 4 amide bonds. The summed E-state index contributed by atoms with van der Waals surface area (Å²) < 4.78 is 5.51. The van der Waals surface area contributed by atoms with Gasteiger partial charge in [0.2, 0.25) is 5.91 Å². The van der Waals surface area contributed by atoms with Gasteiger partial charge in [-0.1, -0.05) is 80.6 Å². The van der Waals surface area contributed by atoms with E-state index in [4.69, 9.17) is 4.74 Å². The molecule has 11 nitrogen and oxygen atoms in total. The number of nitrogens with one attached hydrogen (secondary N) is 3. The van der Waals surface area contributed by atoms with Crippen molar-refractivity contribution in [2.75, 3.05) is 7.05 Å². The second kappa shape index (κ2) is 20.2. The van der Waals surface area contributed by atoms with Gasteiger partial charge in [0.15, 0.2) is 0 Å². The van der Waals surface area contributed by atoms with Gasteiger partial charge in [-0.2, -0.15) is 0 Å². The van der Waals surface area contributed by atoms with Crippen LogP contribution in [0.15, 0.2) is 102 Å². The Morgan fingerprint density at radius 1 is 0.774 bits per heavy atom. The van der Waals surface area contributed by atoms with E-state index in [1.54, 1.807) is 42.5 Å². The first-order chi connectivity index (χ1) is 25.7. The largest absolute Gasteiger partial charge is 0.444 e. The molecule has 0 fully saturated rings. The maximum atomic E-state index is 14.2. The second-order valence-electron chi connectivity index (χ2n) is 13.3. The van der Waals surface area contributed by atoms with Gasteiger partial charge in [-0.25, -0.2) is 14.6 Å². The van der Waals surface area contributed by atoms with Crippen molar-refractivity contribution in [3.8, 4) is 0 Å². The number of hydrogen-bond acceptors (Lipinski definition) is 9. The van der Waals surface area contributed by atoms with E-state index in [-0.39, 0.29) is 37.0 Å². The monoisotopic (exact) mass is 753 g/mol. The van der Waals surface area contributed by atoms with E-state index in [1.807, 2.05) is 78.2 Å². The zero-order valence-electron chi connectivity index (χ0n) is 30.3. The van der Waals surface area contributed by atoms with Crippen molar-refractivity contribution < 1.29 is 19.1 Å². The minimum atomic E-state index is -0.867. The molecule has 0 unspecified atom stereocenters. The summed E-state index contributed by atoms with van der Waals surface area (Å²) in [6, 6.07) is 21.8. The molecule has 0 saturated carbocycles. The predicted molar refractivity (Wildman–Crippen MR) is 209 cm³/mol. The molecule has 0 aliphatic rings. The van der Waals surface area contributed by atoms with Crippen molar-refractivity contribution in [2.45, 2.75) is 83.1 Å². The molecule has 0 radical (unpaired) electrons. The summed E-state index contributed by atoms with van der Waals surface area (Å²) in [5.74, 6) is 0.000456. The van der Waals surface area contributed by atoms with Crippen molar-refractivity contribution in [3.05, 3.63) is 135 Å². The molecule has 13 heteroatoms. The zero-order valence-corrected chi connectivity index (χ0v) is 31.9. The van der Waals surface area contributed by atoms with E-state index < -0.39 is 12.1 Å². The second-order valence-corrected chi connectivity index (χ2v) is 15.2. The van der Waals surface area contributed by atoms with Crippen molar-refractivity contribution in [2.24, 2.45) is 0 Å². The molecule has 2 aromatic carbocycles. The fourth-order valence-corrected chi connectivity index (χ4v) is 7.14. The van der Waals surface area contributed by atoms with Crippen LogP contribution in [0.25, 0.3) is 0 Å². The summed E-state index contributed by atoms with van der Waals surface area (Å²) >= 11 is 3.00. The maximum Gasteiger partial charge on any atom is 0.407 e. The Kier molecular flexibility index (Phi) is 14.9. The van der Waals surface area contributed by atoms with Crippen LogP contribution in [-0.2, 0) is 41.9 Å². The van der Waals surface area contributed by atoms with Crippen molar-refractivity contribution in [1.29, 1.82) is 0 Å². The average molecular weight is 754 g/mol. The number of amides is 4. The van der Waals surface area contributed by atoms with Crippen LogP contribution in [0.5, 0.6) is 0 Å². The summed E-state index contributed by atoms with van der Waals surface area (Å²) in [4.78, 5) is 56.0. The summed E-state index contributed by atoms with van der Waals surface area (Å²) in [5, 5.41) is 12.3. The van der Waals surface area contributed by atoms with Gasteiger partial charge in [-0.05, 0) is 48.4 Å². The van der Waals surface area contributed by atoms with Crippen molar-refractivity contribution in [3.63, 3.8) is 0 Å². The maximum absolute atomic E-state index is 14.2. The quantitative estimate of drug-likeness (QED) is 0.0884. The number of urea groups is 1. The molecule has 0 bridgehead atoms. The lowest BCUT2D eigenvalue weighted by molar-refractivity contribution is -0.123. The molecule has 5 rings (SSSR count). The number of aromatic nitrogens is 3. The summed E-state index contributed by atoms with van der Waals surface area (Å²) in [5.41, 5.74) is 5.46. The fourth-order valence-electron chi connectivity index (χ4n) is 5.81. The van der Waals surface area contributed by atoms with Crippen molar-refractivity contribution in [1.82, 2.24) is 35.8 Å². The van der Waals surface area contributed by atoms with Crippen molar-refractivity contribution >= 4 is 40.7 Å². The first-order valence-corrected chi connectivity index (χ1v) is 19.5. The Morgan fingerprint density at radius 2 is 1.43 bits per heavy atom. The van der Waals surface area contributed by atoms with E-state index in [0.717, 1.165) is 32.3 Å². The van der Waals surface area contributed by atoms with E-state index in [0.29, 0.717) is 38.1 Å². The van der Waals surface area contributed by atoms with Crippen LogP contribution < -0.4 is 16.0 Å². The van der Waals surface area contributed by atoms with E-state index in [2.05, 4.69) is 44.7 Å². The minimum absolute atomic E-state index is 0.142. The predicted octanol–water partition coefficient (Wildman–Crippen LogP) is 6.92. The van der Waals surface area contributed by atoms with Gasteiger partial charge in [-0.15, -0.1) is 22.7 Å². The highest BCUT2D eigenvalue weighted by molar-refractivity contribution is 7.09. The molecule has 278 valence electrons. The standard InChI is InChI=1S/C40H47N7O4S2/c1-28(2)38-44-34(26-52-38)24-47(3)39(49)46-36(21-31-15-10-18-41-22-31)37(48)43-32(19-29-11-6-4-7-12-29)16-17-33(20-30-13-8-5-9-14-30)45-40(50)51-25-35-23-42-27-53-35/h4-15,18,22-23,26-28,32-33,36H,16-17,19-21,24-25H2,1-3H3,(H,43,48)(H,45,50)(H,46,49)/t32-,33-,36+/m1/s1. The van der Waals surface area contributed by atoms with Gasteiger partial charge >= 0.3 is 12.1 Å². The number of pyridine rings is 1. The molecule has 0 aliphatic heterocycles. The summed E-state index contributed by atoms with van der Waals surface area (Å²) in [7, 11) is 1.70. The smallest absolute Gasteiger partial charge is 0.407 e. The van der Waals surface area contributed by atoms with Gasteiger partial charge in [0.25, 0.3) is 0 Å². The number of nitrogens with zero attached hydrogens (tertiary/aromatic N) is 4. The highest BCUT2D eigenvalue weighted by Gasteiger charge is 2.27. The van der Waals surface area contributed by atoms with Gasteiger partial charge in [0.05, 0.1) is 27.6 Å². The SMILES string of the molecule is CC(C)c1nc(CN(C)C(=O)N[C@@H](Cc2cccnc2)C(=O)N[C@H](CC[C@H](Cc2ccccc2)NC(=O)OCc2cncs2)Cc2ccccc2)cs1. The third-order valence-corrected chi connectivity index (χ3v) is 10.5. The van der Waals surface area contributed by atoms with Crippen LogP contribution in [0.3, 0.4) is 0 Å². The highest BCUT2D eigenvalue weighted by atomic mass is 32.1. The Hall–Kier alpha value is -5.14. The van der Waals surface area contributed by atoms with Gasteiger partial charge in [0.1, 0.15) is 12.6 Å². The number of thiazole rings is 2. The fraction of sp³-hybridized carbons (Fsp3) is 0.350. The molecule has 3 heterocycles. The molecular formula is C40H47N7O4S2. The number of benzene rings is 2. The first kappa shape index (κ1) is 39.1. The normalized spacial score (nSPS) is 12.8. The number of carbonyl (C=O) groups is 3. The topological polar surface area (TPSA) is 138 Å². The zero-order chi connectivity index (χ0) is 37.4. The molecule has 5 aromatic rings. The molecule has 0 aliphatic carbocycles. The molecule has 3 atom stereocenters. The highest BCUT2D eigenvalue weighted by Crippen LogP contribution is 2.20. The average Bonchev–Trinajstić information content (AvgIpc) is 3.87. The lowest BCUT2D eigenvalue weighted by Gasteiger charge is -2.27. The van der Waals surface area contributed by atoms with Gasteiger partial charge in [-0.3, -0.25) is 14.8 Å². The third-order valence-electron chi connectivity index (χ3n) is 8.60. The van der Waals surface area contributed by atoms with Crippen LogP contribution in [0.1, 0.15) is 64.9 Å². The van der Waals surface area contributed by atoms with E-state index in [9.17, 15) is 14.4 Å². The molecule has 53 heavy (non-hydrogen) atoms. The molecule has 3 aromatic heterocycles. The van der Waals surface area contributed by atoms with E-state index in [1.165, 1.54) is 16.2 Å². The molecule has 3 N–H and O–H groups in total. The van der Waals surface area contributed by atoms with Crippen LogP contribution in [0.4, 0.5) is 9.59 Å². The number of carbonyl (C=O) groups excluding carboxylic acids is 3. The Labute approximate surface area is 319 Å². The Morgan fingerprint density at radius 3 is 2.02 bits per heavy atom. The number of ether oxygens (including phenoxy) is 1. The molecule has 0 spiro atoms. The Bertz CT molecular complexity index is 1840. The lowest BCUT2D eigenvalue weighted by Crippen LogP contribution is -2.53. The summed E-state index contributed by atoms with van der Waals surface area (Å²) in [6.07, 6.45) is 7.09. The minimum Gasteiger partial charge on any atom is -0.444 e. The third kappa shape index (κ3) is 13.1. The molecule has 0 saturated heterocycles. The van der Waals surface area contributed by atoms with Crippen LogP contribution >= 0.6 is 22.7 Å². The molecular weight excluding hydrogens is 707 g/mol. The first-order valence-electron chi connectivity index (χ1n) is 17.8. The van der Waals surface area contributed by atoms with Gasteiger partial charge in [0, 0.05) is 55.4 Å². The Balaban J connectivity index is 1.30. The summed E-state index contributed by atoms with van der Waals surface area (Å²) in [6.45, 7) is 4.63. The lowest BCUT2D eigenvalue weighted by atomic mass is 9.95. The number of alkyl carbamates (subject to hydrolysis) is 1. The van der Waals surface area contributed by atoms with Crippen LogP contribution in [0.2, 0.25) is 0 Å².